The Kier molecular flexibility index (Phi) is 3.24. The first-order valence-corrected chi connectivity index (χ1v) is 3.53. The molecule has 0 aromatic carbocycles. The summed E-state index contributed by atoms with van der Waals surface area (Å²) in [5.41, 5.74) is 0. The van der Waals surface area contributed by atoms with E-state index in [1.807, 2.05) is 14.1 Å². The first-order chi connectivity index (χ1) is 3.18. The largest absolute Gasteiger partial charge is 0.371 e. The van der Waals surface area contributed by atoms with E-state index in [1.54, 1.807) is 7.11 Å². The van der Waals surface area contributed by atoms with Crippen LogP contribution in [0.3, 0.4) is 0 Å². The van der Waals surface area contributed by atoms with Crippen LogP contribution in [0.15, 0.2) is 0 Å². The first-order valence-electron chi connectivity index (χ1n) is 2.37. The molecule has 0 radical (unpaired) electrons. The summed E-state index contributed by atoms with van der Waals surface area (Å²) in [7, 11) is 6.84. The smallest absolute Gasteiger partial charge is 0.0859 e. The summed E-state index contributed by atoms with van der Waals surface area (Å²) in [5.74, 6) is 0.375. The predicted octanol–water partition coefficient (Wildman–Crippen LogP) is -1.16. The summed E-state index contributed by atoms with van der Waals surface area (Å²) in [6, 6.07) is 0. The molecule has 3 heteroatoms. The van der Waals surface area contributed by atoms with E-state index in [0.29, 0.717) is 5.85 Å². The number of methoxy groups -OCH3 is 1. The minimum atomic E-state index is 0.375. The Morgan fingerprint density at radius 3 is 2.00 bits per heavy atom. The number of hydrogen-bond acceptors (Lipinski definition) is 2. The summed E-state index contributed by atoms with van der Waals surface area (Å²) < 4.78 is 5.00. The maximum atomic E-state index is 5.00. The van der Waals surface area contributed by atoms with Crippen molar-refractivity contribution in [2.75, 3.05) is 21.2 Å². The zero-order valence-electron chi connectivity index (χ0n) is 5.43. The van der Waals surface area contributed by atoms with Crippen molar-refractivity contribution in [2.24, 2.45) is 0 Å². The third-order valence-corrected chi connectivity index (χ3v) is 2.57. The lowest BCUT2D eigenvalue weighted by atomic mass is 10.9. The van der Waals surface area contributed by atoms with Crippen LogP contribution >= 0.6 is 0 Å². The van der Waals surface area contributed by atoms with Gasteiger partial charge in [-0.1, -0.05) is 0 Å². The highest BCUT2D eigenvalue weighted by atomic mass is 28.1. The minimum Gasteiger partial charge on any atom is -0.371 e. The fourth-order valence-corrected chi connectivity index (χ4v) is 0.211. The molecule has 0 aliphatic carbocycles. The molecule has 44 valence electrons. The van der Waals surface area contributed by atoms with Crippen molar-refractivity contribution >= 4 is 10.2 Å². The predicted molar refractivity (Wildman–Crippen MR) is 34.4 cm³/mol. The van der Waals surface area contributed by atoms with E-state index >= 15 is 0 Å². The van der Waals surface area contributed by atoms with E-state index in [1.165, 1.54) is 0 Å². The molecule has 2 nitrogen and oxygen atoms in total. The highest BCUT2D eigenvalue weighted by Crippen LogP contribution is 1.83. The van der Waals surface area contributed by atoms with Crippen LogP contribution in [-0.4, -0.2) is 42.2 Å². The van der Waals surface area contributed by atoms with Crippen molar-refractivity contribution in [3.05, 3.63) is 0 Å². The second-order valence-corrected chi connectivity index (χ2v) is 2.79. The molecule has 0 aliphatic rings. The van der Waals surface area contributed by atoms with Gasteiger partial charge >= 0.3 is 0 Å². The Hall–Kier alpha value is 0.137. The quantitative estimate of drug-likeness (QED) is 0.336. The molecule has 0 aliphatic heterocycles. The second kappa shape index (κ2) is 3.18. The van der Waals surface area contributed by atoms with Gasteiger partial charge in [0.25, 0.3) is 0 Å². The zero-order valence-corrected chi connectivity index (χ0v) is 7.43. The maximum absolute atomic E-state index is 5.00. The first kappa shape index (κ1) is 7.14. The topological polar surface area (TPSA) is 12.5 Å². The van der Waals surface area contributed by atoms with Gasteiger partial charge in [0.15, 0.2) is 0 Å². The van der Waals surface area contributed by atoms with Crippen LogP contribution in [0.4, 0.5) is 0 Å². The Bertz CT molecular complexity index is 49.0. The van der Waals surface area contributed by atoms with Gasteiger partial charge in [0.1, 0.15) is 0 Å². The van der Waals surface area contributed by atoms with E-state index in [4.69, 9.17) is 4.74 Å². The molecule has 0 spiro atoms. The molecule has 0 N–H and O–H groups in total. The lowest BCUT2D eigenvalue weighted by Gasteiger charge is -2.16. The molecular formula is C4H13NOSi. The molecule has 0 fully saturated rings. The number of rotatable bonds is 2. The van der Waals surface area contributed by atoms with Crippen molar-refractivity contribution in [3.63, 3.8) is 0 Å². The summed E-state index contributed by atoms with van der Waals surface area (Å²) in [6.45, 7) is 0. The Morgan fingerprint density at radius 2 is 2.00 bits per heavy atom. The lowest BCUT2D eigenvalue weighted by molar-refractivity contribution is 0.0609. The monoisotopic (exact) mass is 119 g/mol. The molecule has 1 atom stereocenters. The van der Waals surface area contributed by atoms with Gasteiger partial charge < -0.3 is 4.74 Å². The SMILES string of the molecule is COC([SiH3])N(C)C. The van der Waals surface area contributed by atoms with Crippen LogP contribution in [0.1, 0.15) is 0 Å². The standard InChI is InChI=1S/C4H13NOSi/c1-5(2)4(7)6-3/h4H,1-3,7H3. The molecule has 0 amide bonds. The molecule has 0 saturated heterocycles. The average molecular weight is 119 g/mol. The molecule has 0 rings (SSSR count). The highest BCUT2D eigenvalue weighted by Gasteiger charge is 1.97. The van der Waals surface area contributed by atoms with Gasteiger partial charge in [-0.25, -0.2) is 0 Å². The van der Waals surface area contributed by atoms with Gasteiger partial charge in [0, 0.05) is 7.11 Å². The number of hydrogen-bond donors (Lipinski definition) is 0. The maximum Gasteiger partial charge on any atom is 0.0859 e. The summed E-state index contributed by atoms with van der Waals surface area (Å²) in [6.07, 6.45) is 0. The lowest BCUT2D eigenvalue weighted by Crippen LogP contribution is -2.29. The average Bonchev–Trinajstić information content (AvgIpc) is 1.65. The number of ether oxygens (including phenoxy) is 1. The Balaban J connectivity index is 3.14. The molecule has 1 unspecified atom stereocenters. The van der Waals surface area contributed by atoms with Crippen LogP contribution in [0.5, 0.6) is 0 Å². The normalized spacial score (nSPS) is 15.4. The van der Waals surface area contributed by atoms with Crippen LogP contribution in [0.25, 0.3) is 0 Å². The minimum absolute atomic E-state index is 0.375. The van der Waals surface area contributed by atoms with Crippen molar-refractivity contribution in [2.45, 2.75) is 5.85 Å². The molecule has 0 heterocycles. The van der Waals surface area contributed by atoms with Crippen molar-refractivity contribution in [1.82, 2.24) is 4.90 Å². The van der Waals surface area contributed by atoms with E-state index in [2.05, 4.69) is 4.90 Å². The van der Waals surface area contributed by atoms with Gasteiger partial charge in [0.2, 0.25) is 0 Å². The van der Waals surface area contributed by atoms with E-state index < -0.39 is 0 Å². The van der Waals surface area contributed by atoms with Gasteiger partial charge in [-0.05, 0) is 14.1 Å². The fraction of sp³-hybridized carbons (Fsp3) is 1.00. The van der Waals surface area contributed by atoms with Gasteiger partial charge in [0.05, 0.1) is 16.1 Å². The highest BCUT2D eigenvalue weighted by molar-refractivity contribution is 6.10. The van der Waals surface area contributed by atoms with Crippen LogP contribution in [0, 0.1) is 0 Å². The number of nitrogens with zero attached hydrogens (tertiary/aromatic N) is 1. The van der Waals surface area contributed by atoms with E-state index in [0.717, 1.165) is 10.2 Å². The van der Waals surface area contributed by atoms with E-state index in [-0.39, 0.29) is 0 Å². The second-order valence-electron chi connectivity index (χ2n) is 1.80. The van der Waals surface area contributed by atoms with Crippen LogP contribution in [0.2, 0.25) is 0 Å². The third-order valence-electron chi connectivity index (χ3n) is 1.07. The van der Waals surface area contributed by atoms with Crippen molar-refractivity contribution in [3.8, 4) is 0 Å². The van der Waals surface area contributed by atoms with E-state index in [9.17, 15) is 0 Å². The van der Waals surface area contributed by atoms with Crippen LogP contribution in [-0.2, 0) is 4.74 Å². The fourth-order valence-electron chi connectivity index (χ4n) is 0.211. The molecule has 0 bridgehead atoms. The van der Waals surface area contributed by atoms with Gasteiger partial charge in [-0.3, -0.25) is 4.90 Å². The Morgan fingerprint density at radius 1 is 1.57 bits per heavy atom. The summed E-state index contributed by atoms with van der Waals surface area (Å²) in [4.78, 5) is 2.06. The Labute approximate surface area is 47.9 Å². The summed E-state index contributed by atoms with van der Waals surface area (Å²) >= 11 is 0. The van der Waals surface area contributed by atoms with Crippen molar-refractivity contribution in [1.29, 1.82) is 0 Å². The zero-order chi connectivity index (χ0) is 5.86. The van der Waals surface area contributed by atoms with Gasteiger partial charge in [-0.2, -0.15) is 0 Å². The molecule has 7 heavy (non-hydrogen) atoms. The van der Waals surface area contributed by atoms with Gasteiger partial charge in [-0.15, -0.1) is 0 Å². The molecular weight excluding hydrogens is 106 g/mol. The van der Waals surface area contributed by atoms with Crippen molar-refractivity contribution < 1.29 is 4.74 Å². The molecule has 0 saturated carbocycles. The summed E-state index contributed by atoms with van der Waals surface area (Å²) in [5, 5.41) is 0. The molecule has 0 aromatic rings. The molecule has 0 aromatic heterocycles. The van der Waals surface area contributed by atoms with Crippen LogP contribution < -0.4 is 0 Å². The third kappa shape index (κ3) is 2.79.